The van der Waals surface area contributed by atoms with E-state index >= 15 is 0 Å². The Labute approximate surface area is 125 Å². The topological polar surface area (TPSA) is 72.5 Å². The summed E-state index contributed by atoms with van der Waals surface area (Å²) < 4.78 is 26.8. The summed E-state index contributed by atoms with van der Waals surface area (Å²) >= 11 is 0. The maximum atomic E-state index is 11.2. The maximum Gasteiger partial charge on any atom is 0.220 e. The van der Waals surface area contributed by atoms with E-state index in [1.807, 2.05) is 34.6 Å². The number of ether oxygens (including phenoxy) is 1. The van der Waals surface area contributed by atoms with Crippen molar-refractivity contribution in [1.29, 1.82) is 0 Å². The monoisotopic (exact) mass is 311 g/mol. The van der Waals surface area contributed by atoms with Crippen LogP contribution in [0.1, 0.15) is 53.9 Å². The Bertz CT molecular complexity index is 290. The van der Waals surface area contributed by atoms with Gasteiger partial charge in [0, 0.05) is 32.4 Å². The molecular formula is C14H33NO4S. The second kappa shape index (κ2) is 18.4. The molecule has 0 saturated carbocycles. The van der Waals surface area contributed by atoms with E-state index in [9.17, 15) is 13.2 Å². The Morgan fingerprint density at radius 3 is 2.10 bits per heavy atom. The normalized spacial score (nSPS) is 9.70. The Morgan fingerprint density at radius 2 is 1.65 bits per heavy atom. The number of nitrogens with one attached hydrogen (secondary N) is 1. The molecule has 0 aliphatic carbocycles. The van der Waals surface area contributed by atoms with Crippen molar-refractivity contribution in [3.63, 3.8) is 0 Å². The summed E-state index contributed by atoms with van der Waals surface area (Å²) in [6, 6.07) is 0. The van der Waals surface area contributed by atoms with E-state index in [1.165, 1.54) is 0 Å². The van der Waals surface area contributed by atoms with Gasteiger partial charge in [0.15, 0.2) is 0 Å². The smallest absolute Gasteiger partial charge is 0.220 e. The van der Waals surface area contributed by atoms with E-state index in [0.717, 1.165) is 19.3 Å². The standard InChI is InChI=1S/C10H21NO4S.2C2H6/c1-3-7-15-8-4-5-10(12)11-6-9-16(2,13)14;2*1-2/h3-9H2,1-2H3,(H,11,12);2*1-2H3. The van der Waals surface area contributed by atoms with Crippen LogP contribution in [0.3, 0.4) is 0 Å². The van der Waals surface area contributed by atoms with Gasteiger partial charge >= 0.3 is 0 Å². The first kappa shape index (κ1) is 24.4. The lowest BCUT2D eigenvalue weighted by molar-refractivity contribution is -0.121. The summed E-state index contributed by atoms with van der Waals surface area (Å²) in [6.07, 6.45) is 3.18. The van der Waals surface area contributed by atoms with Crippen LogP contribution >= 0.6 is 0 Å². The highest BCUT2D eigenvalue weighted by molar-refractivity contribution is 7.90. The van der Waals surface area contributed by atoms with E-state index in [-0.39, 0.29) is 18.2 Å². The van der Waals surface area contributed by atoms with Crippen LogP contribution in [0.15, 0.2) is 0 Å². The van der Waals surface area contributed by atoms with E-state index in [1.54, 1.807) is 0 Å². The molecule has 20 heavy (non-hydrogen) atoms. The first-order valence-electron chi connectivity index (χ1n) is 7.48. The van der Waals surface area contributed by atoms with Crippen molar-refractivity contribution in [3.8, 4) is 0 Å². The third-order valence-electron chi connectivity index (χ3n) is 1.84. The quantitative estimate of drug-likeness (QED) is 0.664. The SMILES string of the molecule is CC.CC.CCCOCCCC(=O)NCCS(C)(=O)=O. The van der Waals surface area contributed by atoms with Gasteiger partial charge in [-0.25, -0.2) is 8.42 Å². The highest BCUT2D eigenvalue weighted by Gasteiger charge is 2.04. The molecule has 0 rings (SSSR count). The molecule has 0 aromatic rings. The van der Waals surface area contributed by atoms with Crippen molar-refractivity contribution in [2.24, 2.45) is 0 Å². The van der Waals surface area contributed by atoms with Crippen LogP contribution in [-0.2, 0) is 19.4 Å². The second-order valence-corrected chi connectivity index (χ2v) is 5.96. The third-order valence-corrected chi connectivity index (χ3v) is 2.78. The van der Waals surface area contributed by atoms with Crippen LogP contribution in [0, 0.1) is 0 Å². The summed E-state index contributed by atoms with van der Waals surface area (Å²) in [7, 11) is -2.99. The van der Waals surface area contributed by atoms with Crippen LogP contribution in [0.2, 0.25) is 0 Å². The Hall–Kier alpha value is -0.620. The largest absolute Gasteiger partial charge is 0.381 e. The highest BCUT2D eigenvalue weighted by atomic mass is 32.2. The number of carbonyl (C=O) groups is 1. The molecule has 1 amide bonds. The van der Waals surface area contributed by atoms with Crippen molar-refractivity contribution in [1.82, 2.24) is 5.32 Å². The number of carbonyl (C=O) groups excluding carboxylic acids is 1. The minimum Gasteiger partial charge on any atom is -0.381 e. The van der Waals surface area contributed by atoms with Crippen LogP contribution < -0.4 is 5.32 Å². The summed E-state index contributed by atoms with van der Waals surface area (Å²) in [6.45, 7) is 11.5. The summed E-state index contributed by atoms with van der Waals surface area (Å²) in [5, 5.41) is 2.56. The summed E-state index contributed by atoms with van der Waals surface area (Å²) in [5.41, 5.74) is 0. The van der Waals surface area contributed by atoms with Crippen LogP contribution in [-0.4, -0.2) is 46.1 Å². The Balaban J connectivity index is -0.000000656. The maximum absolute atomic E-state index is 11.2. The van der Waals surface area contributed by atoms with Crippen LogP contribution in [0.25, 0.3) is 0 Å². The molecule has 1 N–H and O–H groups in total. The molecule has 0 heterocycles. The van der Waals surface area contributed by atoms with Crippen molar-refractivity contribution in [2.45, 2.75) is 53.9 Å². The molecule has 0 atom stereocenters. The molecule has 0 aromatic carbocycles. The lowest BCUT2D eigenvalue weighted by Gasteiger charge is -2.04. The number of hydrogen-bond donors (Lipinski definition) is 1. The van der Waals surface area contributed by atoms with Gasteiger partial charge in [-0.3, -0.25) is 4.79 Å². The summed E-state index contributed by atoms with van der Waals surface area (Å²) in [5.74, 6) is -0.130. The number of rotatable bonds is 9. The lowest BCUT2D eigenvalue weighted by Crippen LogP contribution is -2.28. The Kier molecular flexibility index (Phi) is 22.4. The van der Waals surface area contributed by atoms with Crippen LogP contribution in [0.5, 0.6) is 0 Å². The number of hydrogen-bond acceptors (Lipinski definition) is 4. The van der Waals surface area contributed by atoms with E-state index < -0.39 is 9.84 Å². The summed E-state index contributed by atoms with van der Waals surface area (Å²) in [4.78, 5) is 11.2. The van der Waals surface area contributed by atoms with Gasteiger partial charge in [0.2, 0.25) is 5.91 Å². The lowest BCUT2D eigenvalue weighted by atomic mass is 10.3. The fourth-order valence-electron chi connectivity index (χ4n) is 1.05. The first-order valence-corrected chi connectivity index (χ1v) is 9.54. The van der Waals surface area contributed by atoms with Gasteiger partial charge in [0.05, 0.1) is 5.75 Å². The van der Waals surface area contributed by atoms with E-state index in [0.29, 0.717) is 19.4 Å². The highest BCUT2D eigenvalue weighted by Crippen LogP contribution is 1.91. The second-order valence-electron chi connectivity index (χ2n) is 3.70. The first-order chi connectivity index (χ1) is 9.45. The average molecular weight is 311 g/mol. The minimum atomic E-state index is -2.99. The third kappa shape index (κ3) is 26.0. The molecule has 0 spiro atoms. The van der Waals surface area contributed by atoms with Crippen molar-refractivity contribution < 1.29 is 17.9 Å². The van der Waals surface area contributed by atoms with Crippen molar-refractivity contribution in [2.75, 3.05) is 31.8 Å². The van der Waals surface area contributed by atoms with Crippen molar-refractivity contribution >= 4 is 15.7 Å². The molecular weight excluding hydrogens is 278 g/mol. The molecule has 0 aliphatic heterocycles. The molecule has 5 nitrogen and oxygen atoms in total. The fraction of sp³-hybridized carbons (Fsp3) is 0.929. The average Bonchev–Trinajstić information content (AvgIpc) is 2.41. The number of sulfone groups is 1. The molecule has 0 saturated heterocycles. The Morgan fingerprint density at radius 1 is 1.10 bits per heavy atom. The van der Waals surface area contributed by atoms with Gasteiger partial charge in [-0.15, -0.1) is 0 Å². The van der Waals surface area contributed by atoms with E-state index in [4.69, 9.17) is 4.74 Å². The van der Waals surface area contributed by atoms with Crippen LogP contribution in [0.4, 0.5) is 0 Å². The fourth-order valence-corrected chi connectivity index (χ4v) is 1.52. The zero-order chi connectivity index (χ0) is 16.4. The molecule has 6 heteroatoms. The predicted molar refractivity (Wildman–Crippen MR) is 85.8 cm³/mol. The molecule has 0 aliphatic rings. The number of amides is 1. The predicted octanol–water partition coefficient (Wildman–Crippen LogP) is 2.41. The molecule has 0 unspecified atom stereocenters. The van der Waals surface area contributed by atoms with Gasteiger partial charge in [-0.2, -0.15) is 0 Å². The van der Waals surface area contributed by atoms with Gasteiger partial charge in [0.25, 0.3) is 0 Å². The van der Waals surface area contributed by atoms with Gasteiger partial charge in [0.1, 0.15) is 9.84 Å². The molecule has 0 bridgehead atoms. The van der Waals surface area contributed by atoms with Crippen molar-refractivity contribution in [3.05, 3.63) is 0 Å². The van der Waals surface area contributed by atoms with Gasteiger partial charge in [-0.1, -0.05) is 34.6 Å². The van der Waals surface area contributed by atoms with E-state index in [2.05, 4.69) is 5.32 Å². The molecule has 0 aromatic heterocycles. The zero-order valence-corrected chi connectivity index (χ0v) is 14.8. The van der Waals surface area contributed by atoms with Gasteiger partial charge in [-0.05, 0) is 12.8 Å². The minimum absolute atomic E-state index is 0.00885. The molecule has 0 fully saturated rings. The molecule has 124 valence electrons. The molecule has 0 radical (unpaired) electrons. The van der Waals surface area contributed by atoms with Gasteiger partial charge < -0.3 is 10.1 Å². The zero-order valence-electron chi connectivity index (χ0n) is 14.0.